The minimum absolute atomic E-state index is 0.113. The molecular weight excluding hydrogens is 205 g/mol. The largest absolute Gasteiger partial charge is 0.493 e. The Kier molecular flexibility index (Phi) is 2.22. The van der Waals surface area contributed by atoms with Gasteiger partial charge < -0.3 is 5.11 Å². The lowest BCUT2D eigenvalue weighted by atomic mass is 9.95. The molecule has 0 aromatic carbocycles. The van der Waals surface area contributed by atoms with Gasteiger partial charge in [0.05, 0.1) is 12.6 Å². The molecule has 5 nitrogen and oxygen atoms in total. The van der Waals surface area contributed by atoms with E-state index in [4.69, 9.17) is 5.11 Å². The van der Waals surface area contributed by atoms with E-state index in [-0.39, 0.29) is 6.21 Å². The molecule has 14 heavy (non-hydrogen) atoms. The summed E-state index contributed by atoms with van der Waals surface area (Å²) in [6.45, 7) is 0. The number of aliphatic hydroxyl groups excluding tert-OH is 1. The number of hydrogen-bond donors (Lipinski definition) is 1. The Bertz CT molecular complexity index is 323. The fraction of sp³-hybridized carbons (Fsp3) is 0.500. The van der Waals surface area contributed by atoms with Gasteiger partial charge in [-0.15, -0.1) is 0 Å². The molecule has 0 amide bonds. The number of hydrogen-bond acceptors (Lipinski definition) is 4. The van der Waals surface area contributed by atoms with Gasteiger partial charge in [0.2, 0.25) is 5.88 Å². The highest BCUT2D eigenvalue weighted by molar-refractivity contribution is 5.72. The van der Waals surface area contributed by atoms with Crippen LogP contribution < -0.4 is 0 Å². The van der Waals surface area contributed by atoms with Crippen LogP contribution in [0.2, 0.25) is 0 Å². The smallest absolute Gasteiger partial charge is 0.466 e. The second kappa shape index (κ2) is 2.96. The molecule has 78 valence electrons. The molecule has 0 saturated carbocycles. The van der Waals surface area contributed by atoms with Crippen LogP contribution in [-0.4, -0.2) is 28.0 Å². The average molecular weight is 210 g/mol. The molecule has 0 saturated heterocycles. The van der Waals surface area contributed by atoms with E-state index in [2.05, 4.69) is 4.99 Å². The summed E-state index contributed by atoms with van der Waals surface area (Å²) in [6.07, 6.45) is -5.20. The number of halogens is 3. The second-order valence-corrected chi connectivity index (χ2v) is 2.70. The maximum absolute atomic E-state index is 12.3. The fourth-order valence-corrected chi connectivity index (χ4v) is 0.939. The summed E-state index contributed by atoms with van der Waals surface area (Å²) < 4.78 is 37.0. The molecule has 8 heteroatoms. The van der Waals surface area contributed by atoms with Crippen LogP contribution in [-0.2, 0) is 0 Å². The standard InChI is InChI=1S/C6H5F3N2O3/c7-6(8,9)5(11(13)14)2-1-4(12)10-3-5/h1,3,12H,2H2. The van der Waals surface area contributed by atoms with Crippen LogP contribution in [0.1, 0.15) is 6.42 Å². The van der Waals surface area contributed by atoms with Crippen LogP contribution >= 0.6 is 0 Å². The van der Waals surface area contributed by atoms with Crippen LogP contribution in [0.25, 0.3) is 0 Å². The van der Waals surface area contributed by atoms with Crippen LogP contribution in [0.15, 0.2) is 17.0 Å². The number of aliphatic imine (C=N–C) groups is 1. The van der Waals surface area contributed by atoms with Crippen molar-refractivity contribution in [3.8, 4) is 0 Å². The van der Waals surface area contributed by atoms with Crippen molar-refractivity contribution in [1.29, 1.82) is 0 Å². The van der Waals surface area contributed by atoms with E-state index in [0.717, 1.165) is 0 Å². The van der Waals surface area contributed by atoms with Crippen molar-refractivity contribution in [3.63, 3.8) is 0 Å². The Morgan fingerprint density at radius 2 is 2.21 bits per heavy atom. The highest BCUT2D eigenvalue weighted by Gasteiger charge is 2.65. The minimum Gasteiger partial charge on any atom is -0.493 e. The van der Waals surface area contributed by atoms with Crippen LogP contribution in [0.5, 0.6) is 0 Å². The maximum Gasteiger partial charge on any atom is 0.466 e. The third kappa shape index (κ3) is 1.42. The van der Waals surface area contributed by atoms with Gasteiger partial charge in [-0.05, 0) is 6.08 Å². The van der Waals surface area contributed by atoms with E-state index < -0.39 is 28.9 Å². The summed E-state index contributed by atoms with van der Waals surface area (Å²) in [5.74, 6) is -0.647. The second-order valence-electron chi connectivity index (χ2n) is 2.70. The number of aliphatic hydroxyl groups is 1. The van der Waals surface area contributed by atoms with Gasteiger partial charge >= 0.3 is 11.7 Å². The maximum atomic E-state index is 12.3. The molecule has 1 heterocycles. The summed E-state index contributed by atoms with van der Waals surface area (Å²) in [6, 6.07) is 0. The van der Waals surface area contributed by atoms with Gasteiger partial charge in [0.15, 0.2) is 0 Å². The van der Waals surface area contributed by atoms with Crippen LogP contribution in [0.4, 0.5) is 13.2 Å². The first kappa shape index (κ1) is 10.5. The molecule has 1 atom stereocenters. The first-order chi connectivity index (χ1) is 6.29. The summed E-state index contributed by atoms with van der Waals surface area (Å²) >= 11 is 0. The molecule has 0 fully saturated rings. The van der Waals surface area contributed by atoms with Crippen LogP contribution in [0.3, 0.4) is 0 Å². The highest BCUT2D eigenvalue weighted by atomic mass is 19.4. The molecule has 0 spiro atoms. The first-order valence-electron chi connectivity index (χ1n) is 3.45. The quantitative estimate of drug-likeness (QED) is 0.525. The SMILES string of the molecule is O=[N+]([O-])C1(C(F)(F)F)C=NC(O)=CC1. The molecule has 0 aromatic heterocycles. The van der Waals surface area contributed by atoms with Gasteiger partial charge in [-0.2, -0.15) is 13.2 Å². The van der Waals surface area contributed by atoms with Gasteiger partial charge in [0.25, 0.3) is 0 Å². The Balaban J connectivity index is 3.12. The zero-order chi connectivity index (χ0) is 11.0. The number of alkyl halides is 3. The van der Waals surface area contributed by atoms with E-state index in [1.54, 1.807) is 0 Å². The van der Waals surface area contributed by atoms with E-state index in [1.807, 2.05) is 0 Å². The number of nitro groups is 1. The van der Waals surface area contributed by atoms with E-state index in [0.29, 0.717) is 6.08 Å². The molecule has 1 aliphatic heterocycles. The predicted molar refractivity (Wildman–Crippen MR) is 39.6 cm³/mol. The van der Waals surface area contributed by atoms with Gasteiger partial charge in [-0.25, -0.2) is 4.99 Å². The zero-order valence-corrected chi connectivity index (χ0v) is 6.65. The Morgan fingerprint density at radius 1 is 1.64 bits per heavy atom. The third-order valence-electron chi connectivity index (χ3n) is 1.82. The van der Waals surface area contributed by atoms with Crippen LogP contribution in [0, 0.1) is 10.1 Å². The van der Waals surface area contributed by atoms with Gasteiger partial charge in [-0.1, -0.05) is 0 Å². The molecule has 1 aliphatic rings. The Morgan fingerprint density at radius 3 is 2.50 bits per heavy atom. The van der Waals surface area contributed by atoms with E-state index >= 15 is 0 Å². The molecule has 1 unspecified atom stereocenters. The Hall–Kier alpha value is -1.60. The normalized spacial score (nSPS) is 27.2. The van der Waals surface area contributed by atoms with Crippen molar-refractivity contribution in [2.75, 3.05) is 0 Å². The monoisotopic (exact) mass is 210 g/mol. The molecule has 0 radical (unpaired) electrons. The number of nitrogens with zero attached hydrogens (tertiary/aromatic N) is 2. The summed E-state index contributed by atoms with van der Waals surface area (Å²) in [5, 5.41) is 19.0. The molecule has 0 aliphatic carbocycles. The van der Waals surface area contributed by atoms with E-state index in [9.17, 15) is 23.3 Å². The number of rotatable bonds is 1. The van der Waals surface area contributed by atoms with Gasteiger partial charge in [0.1, 0.15) is 0 Å². The summed E-state index contributed by atoms with van der Waals surface area (Å²) in [5.41, 5.74) is -3.21. The molecule has 0 aromatic rings. The third-order valence-corrected chi connectivity index (χ3v) is 1.82. The minimum atomic E-state index is -5.03. The molecule has 1 rings (SSSR count). The van der Waals surface area contributed by atoms with Crippen molar-refractivity contribution < 1.29 is 23.2 Å². The predicted octanol–water partition coefficient (Wildman–Crippen LogP) is 1.44. The fourth-order valence-electron chi connectivity index (χ4n) is 0.939. The lowest BCUT2D eigenvalue weighted by Crippen LogP contribution is -2.53. The zero-order valence-electron chi connectivity index (χ0n) is 6.65. The van der Waals surface area contributed by atoms with Crippen molar-refractivity contribution >= 4 is 6.21 Å². The van der Waals surface area contributed by atoms with Gasteiger partial charge in [-0.3, -0.25) is 10.1 Å². The summed E-state index contributed by atoms with van der Waals surface area (Å²) in [7, 11) is 0. The molecule has 1 N–H and O–H groups in total. The van der Waals surface area contributed by atoms with Gasteiger partial charge in [0, 0.05) is 4.92 Å². The van der Waals surface area contributed by atoms with Crippen molar-refractivity contribution in [3.05, 3.63) is 22.1 Å². The lowest BCUT2D eigenvalue weighted by molar-refractivity contribution is -0.587. The topological polar surface area (TPSA) is 75.7 Å². The highest BCUT2D eigenvalue weighted by Crippen LogP contribution is 2.36. The lowest BCUT2D eigenvalue weighted by Gasteiger charge is -2.23. The first-order valence-corrected chi connectivity index (χ1v) is 3.45. The molecular formula is C6H5F3N2O3. The van der Waals surface area contributed by atoms with Crippen molar-refractivity contribution in [1.82, 2.24) is 0 Å². The Labute approximate surface area is 75.7 Å². The van der Waals surface area contributed by atoms with E-state index in [1.165, 1.54) is 0 Å². The molecule has 0 bridgehead atoms. The van der Waals surface area contributed by atoms with Crippen molar-refractivity contribution in [2.24, 2.45) is 4.99 Å². The summed E-state index contributed by atoms with van der Waals surface area (Å²) in [4.78, 5) is 11.8. The average Bonchev–Trinajstić information content (AvgIpc) is 2.02. The van der Waals surface area contributed by atoms with Crippen molar-refractivity contribution in [2.45, 2.75) is 18.1 Å².